The lowest BCUT2D eigenvalue weighted by Crippen LogP contribution is -2.36. The highest BCUT2D eigenvalue weighted by molar-refractivity contribution is 7.99. The summed E-state index contributed by atoms with van der Waals surface area (Å²) in [6.07, 6.45) is 8.43. The van der Waals surface area contributed by atoms with E-state index in [1.165, 1.54) is 43.9 Å². The number of aromatic nitrogens is 2. The molecule has 1 saturated carbocycles. The quantitative estimate of drug-likeness (QED) is 0.712. The lowest BCUT2D eigenvalue weighted by atomic mass is 9.97. The fraction of sp³-hybridized carbons (Fsp3) is 0.550. The first-order valence-electron chi connectivity index (χ1n) is 9.63. The SMILES string of the molecule is Cc1cccc(OCc2nnc(SCC(=O)NC3CCCCCCC3)o2)c1. The third kappa shape index (κ3) is 6.90. The van der Waals surface area contributed by atoms with Crippen LogP contribution in [0.1, 0.15) is 56.4 Å². The number of aryl methyl sites for hydroxylation is 1. The van der Waals surface area contributed by atoms with Gasteiger partial charge in [-0.1, -0.05) is 56.0 Å². The van der Waals surface area contributed by atoms with Crippen LogP contribution >= 0.6 is 11.8 Å². The van der Waals surface area contributed by atoms with E-state index in [1.54, 1.807) is 0 Å². The molecule has 6 nitrogen and oxygen atoms in total. The number of nitrogens with zero attached hydrogens (tertiary/aromatic N) is 2. The average molecular weight is 390 g/mol. The van der Waals surface area contributed by atoms with Gasteiger partial charge >= 0.3 is 0 Å². The first-order chi connectivity index (χ1) is 13.2. The van der Waals surface area contributed by atoms with Gasteiger partial charge in [0.05, 0.1) is 5.75 Å². The maximum atomic E-state index is 12.2. The molecule has 0 atom stereocenters. The van der Waals surface area contributed by atoms with Crippen LogP contribution in [0.2, 0.25) is 0 Å². The summed E-state index contributed by atoms with van der Waals surface area (Å²) >= 11 is 1.26. The average Bonchev–Trinajstić information content (AvgIpc) is 3.08. The van der Waals surface area contributed by atoms with Crippen molar-refractivity contribution >= 4 is 17.7 Å². The molecule has 0 unspecified atom stereocenters. The summed E-state index contributed by atoms with van der Waals surface area (Å²) < 4.78 is 11.2. The fourth-order valence-electron chi connectivity index (χ4n) is 3.20. The minimum Gasteiger partial charge on any atom is -0.484 e. The van der Waals surface area contributed by atoms with Crippen molar-refractivity contribution in [1.82, 2.24) is 15.5 Å². The van der Waals surface area contributed by atoms with Crippen LogP contribution in [0.25, 0.3) is 0 Å². The Kier molecular flexibility index (Phi) is 7.56. The summed E-state index contributed by atoms with van der Waals surface area (Å²) in [5, 5.41) is 11.5. The molecule has 1 aromatic carbocycles. The van der Waals surface area contributed by atoms with Gasteiger partial charge in [0.2, 0.25) is 5.91 Å². The number of carbonyl (C=O) groups is 1. The number of benzene rings is 1. The number of rotatable bonds is 7. The van der Waals surface area contributed by atoms with Gasteiger partial charge in [0.15, 0.2) is 6.61 Å². The van der Waals surface area contributed by atoms with E-state index < -0.39 is 0 Å². The predicted molar refractivity (Wildman–Crippen MR) is 105 cm³/mol. The van der Waals surface area contributed by atoms with Crippen molar-refractivity contribution in [1.29, 1.82) is 0 Å². The monoisotopic (exact) mass is 389 g/mol. The summed E-state index contributed by atoms with van der Waals surface area (Å²) in [5.41, 5.74) is 1.13. The van der Waals surface area contributed by atoms with Crippen molar-refractivity contribution in [3.8, 4) is 5.75 Å². The van der Waals surface area contributed by atoms with Crippen LogP contribution < -0.4 is 10.1 Å². The van der Waals surface area contributed by atoms with E-state index in [-0.39, 0.29) is 18.3 Å². The molecule has 1 N–H and O–H groups in total. The zero-order chi connectivity index (χ0) is 18.9. The Hall–Kier alpha value is -2.02. The Morgan fingerprint density at radius 1 is 1.22 bits per heavy atom. The maximum Gasteiger partial charge on any atom is 0.277 e. The van der Waals surface area contributed by atoms with Gasteiger partial charge < -0.3 is 14.5 Å². The van der Waals surface area contributed by atoms with Crippen LogP contribution in [0, 0.1) is 6.92 Å². The van der Waals surface area contributed by atoms with E-state index in [9.17, 15) is 4.79 Å². The van der Waals surface area contributed by atoms with Crippen molar-refractivity contribution in [2.75, 3.05) is 5.75 Å². The molecule has 146 valence electrons. The molecule has 2 aromatic rings. The number of carbonyl (C=O) groups excluding carboxylic acids is 1. The Balaban J connectivity index is 1.40. The standard InChI is InChI=1S/C20H27N3O3S/c1-15-8-7-11-17(12-15)25-13-19-22-23-20(26-19)27-14-18(24)21-16-9-5-3-2-4-6-10-16/h7-8,11-12,16H,2-6,9-10,13-14H2,1H3,(H,21,24). The van der Waals surface area contributed by atoms with Gasteiger partial charge in [-0.15, -0.1) is 10.2 Å². The molecule has 1 amide bonds. The highest BCUT2D eigenvalue weighted by atomic mass is 32.2. The van der Waals surface area contributed by atoms with E-state index >= 15 is 0 Å². The largest absolute Gasteiger partial charge is 0.484 e. The van der Waals surface area contributed by atoms with Gasteiger partial charge in [0.1, 0.15) is 5.75 Å². The number of nitrogens with one attached hydrogen (secondary N) is 1. The molecule has 0 saturated heterocycles. The minimum atomic E-state index is 0.0290. The molecule has 1 fully saturated rings. The molecule has 0 bridgehead atoms. The second kappa shape index (κ2) is 10.3. The number of ether oxygens (including phenoxy) is 1. The van der Waals surface area contributed by atoms with Gasteiger partial charge in [0, 0.05) is 6.04 Å². The highest BCUT2D eigenvalue weighted by Crippen LogP contribution is 2.20. The molecule has 0 spiro atoms. The Labute approximate surface area is 164 Å². The third-order valence-electron chi connectivity index (χ3n) is 4.60. The van der Waals surface area contributed by atoms with Crippen LogP contribution in [-0.4, -0.2) is 27.9 Å². The second-order valence-electron chi connectivity index (χ2n) is 6.97. The van der Waals surface area contributed by atoms with Gasteiger partial charge in [-0.2, -0.15) is 0 Å². The van der Waals surface area contributed by atoms with Gasteiger partial charge in [-0.05, 0) is 37.5 Å². The molecule has 1 aliphatic carbocycles. The number of amides is 1. The van der Waals surface area contributed by atoms with E-state index in [0.717, 1.165) is 24.2 Å². The fourth-order valence-corrected chi connectivity index (χ4v) is 3.79. The van der Waals surface area contributed by atoms with Crippen molar-refractivity contribution in [2.45, 2.75) is 69.7 Å². The molecule has 1 aromatic heterocycles. The van der Waals surface area contributed by atoms with Crippen LogP contribution in [0.3, 0.4) is 0 Å². The predicted octanol–water partition coefficient (Wildman–Crippen LogP) is 4.28. The maximum absolute atomic E-state index is 12.2. The molecule has 1 heterocycles. The van der Waals surface area contributed by atoms with Crippen molar-refractivity contribution < 1.29 is 13.9 Å². The van der Waals surface area contributed by atoms with E-state index in [4.69, 9.17) is 9.15 Å². The van der Waals surface area contributed by atoms with E-state index in [1.807, 2.05) is 31.2 Å². The zero-order valence-corrected chi connectivity index (χ0v) is 16.6. The summed E-state index contributed by atoms with van der Waals surface area (Å²) in [7, 11) is 0. The van der Waals surface area contributed by atoms with E-state index in [0.29, 0.717) is 17.2 Å². The molecule has 7 heteroatoms. The normalized spacial score (nSPS) is 15.7. The van der Waals surface area contributed by atoms with Crippen LogP contribution in [0.15, 0.2) is 33.9 Å². The summed E-state index contributed by atoms with van der Waals surface area (Å²) in [6.45, 7) is 2.22. The first-order valence-corrected chi connectivity index (χ1v) is 10.6. The number of thioether (sulfide) groups is 1. The van der Waals surface area contributed by atoms with Gasteiger partial charge in [-0.25, -0.2) is 0 Å². The van der Waals surface area contributed by atoms with Crippen molar-refractivity contribution in [3.05, 3.63) is 35.7 Å². The lowest BCUT2D eigenvalue weighted by molar-refractivity contribution is -0.119. The Morgan fingerprint density at radius 2 is 2.00 bits per heavy atom. The highest BCUT2D eigenvalue weighted by Gasteiger charge is 2.15. The van der Waals surface area contributed by atoms with E-state index in [2.05, 4.69) is 15.5 Å². The van der Waals surface area contributed by atoms with Crippen molar-refractivity contribution in [2.24, 2.45) is 0 Å². The molecular weight excluding hydrogens is 362 g/mol. The Bertz CT molecular complexity index is 727. The summed E-state index contributed by atoms with van der Waals surface area (Å²) in [5.74, 6) is 1.48. The Morgan fingerprint density at radius 3 is 2.78 bits per heavy atom. The lowest BCUT2D eigenvalue weighted by Gasteiger charge is -2.20. The molecular formula is C20H27N3O3S. The smallest absolute Gasteiger partial charge is 0.277 e. The molecule has 27 heavy (non-hydrogen) atoms. The topological polar surface area (TPSA) is 77.2 Å². The van der Waals surface area contributed by atoms with Crippen LogP contribution in [-0.2, 0) is 11.4 Å². The molecule has 3 rings (SSSR count). The first kappa shape index (κ1) is 19.7. The summed E-state index contributed by atoms with van der Waals surface area (Å²) in [6, 6.07) is 8.09. The minimum absolute atomic E-state index is 0.0290. The third-order valence-corrected chi connectivity index (χ3v) is 5.42. The molecule has 0 radical (unpaired) electrons. The molecule has 1 aliphatic rings. The van der Waals surface area contributed by atoms with Crippen molar-refractivity contribution in [3.63, 3.8) is 0 Å². The van der Waals surface area contributed by atoms with Crippen LogP contribution in [0.4, 0.5) is 0 Å². The molecule has 0 aliphatic heterocycles. The number of hydrogen-bond donors (Lipinski definition) is 1. The van der Waals surface area contributed by atoms with Gasteiger partial charge in [0.25, 0.3) is 11.1 Å². The zero-order valence-electron chi connectivity index (χ0n) is 15.8. The number of hydrogen-bond acceptors (Lipinski definition) is 6. The summed E-state index contributed by atoms with van der Waals surface area (Å²) in [4.78, 5) is 12.2. The van der Waals surface area contributed by atoms with Crippen LogP contribution in [0.5, 0.6) is 5.75 Å². The van der Waals surface area contributed by atoms with Gasteiger partial charge in [-0.3, -0.25) is 4.79 Å². The second-order valence-corrected chi connectivity index (χ2v) is 7.89.